The van der Waals surface area contributed by atoms with E-state index in [2.05, 4.69) is 10.1 Å². The minimum atomic E-state index is -0.887. The summed E-state index contributed by atoms with van der Waals surface area (Å²) in [6, 6.07) is 3.99. The van der Waals surface area contributed by atoms with Crippen LogP contribution >= 0.6 is 0 Å². The highest BCUT2D eigenvalue weighted by Crippen LogP contribution is 2.37. The number of rotatable bonds is 2. The van der Waals surface area contributed by atoms with Gasteiger partial charge in [-0.05, 0) is 25.0 Å². The molecule has 1 aromatic rings. The second kappa shape index (κ2) is 5.67. The quantitative estimate of drug-likeness (QED) is 0.830. The highest BCUT2D eigenvalue weighted by Gasteiger charge is 2.48. The van der Waals surface area contributed by atoms with Gasteiger partial charge < -0.3 is 5.73 Å². The summed E-state index contributed by atoms with van der Waals surface area (Å²) in [6.07, 6.45) is 4.76. The fourth-order valence-corrected chi connectivity index (χ4v) is 3.12. The van der Waals surface area contributed by atoms with E-state index in [1.807, 2.05) is 0 Å². The molecular weight excluding hydrogens is 284 g/mol. The van der Waals surface area contributed by atoms with Crippen LogP contribution in [0.25, 0.3) is 0 Å². The van der Waals surface area contributed by atoms with Gasteiger partial charge in [0.2, 0.25) is 0 Å². The second-order valence-electron chi connectivity index (χ2n) is 5.51. The SMILES string of the molecule is NC(=O)N(N=C1C(=O)C2CCCCC2C1=O)c1ccccn1. The smallest absolute Gasteiger partial charge is 0.341 e. The maximum absolute atomic E-state index is 12.4. The molecule has 22 heavy (non-hydrogen) atoms. The first-order valence-corrected chi connectivity index (χ1v) is 7.27. The van der Waals surface area contributed by atoms with E-state index in [1.165, 1.54) is 12.3 Å². The average Bonchev–Trinajstić information content (AvgIpc) is 2.78. The van der Waals surface area contributed by atoms with E-state index in [4.69, 9.17) is 5.73 Å². The van der Waals surface area contributed by atoms with Crippen LogP contribution in [0, 0.1) is 11.8 Å². The molecule has 2 amide bonds. The first-order valence-electron chi connectivity index (χ1n) is 7.27. The molecule has 2 aliphatic carbocycles. The Morgan fingerprint density at radius 3 is 2.32 bits per heavy atom. The molecule has 2 N–H and O–H groups in total. The molecular formula is C15H16N4O3. The molecule has 114 valence electrons. The fraction of sp³-hybridized carbons (Fsp3) is 0.400. The van der Waals surface area contributed by atoms with E-state index < -0.39 is 6.03 Å². The van der Waals surface area contributed by atoms with Crippen molar-refractivity contribution in [3.63, 3.8) is 0 Å². The predicted octanol–water partition coefficient (Wildman–Crippen LogP) is 1.28. The Bertz CT molecular complexity index is 630. The number of ketones is 2. The lowest BCUT2D eigenvalue weighted by atomic mass is 9.81. The van der Waals surface area contributed by atoms with Gasteiger partial charge >= 0.3 is 6.03 Å². The van der Waals surface area contributed by atoms with Crippen LogP contribution in [0.1, 0.15) is 25.7 Å². The molecule has 2 unspecified atom stereocenters. The number of hydrazone groups is 1. The monoisotopic (exact) mass is 300 g/mol. The number of anilines is 1. The number of primary amides is 1. The molecule has 2 aliphatic rings. The van der Waals surface area contributed by atoms with Crippen LogP contribution in [0.4, 0.5) is 10.6 Å². The third-order valence-electron chi connectivity index (χ3n) is 4.18. The van der Waals surface area contributed by atoms with Crippen molar-refractivity contribution in [3.05, 3.63) is 24.4 Å². The molecule has 2 atom stereocenters. The fourth-order valence-electron chi connectivity index (χ4n) is 3.12. The van der Waals surface area contributed by atoms with Gasteiger partial charge in [0.1, 0.15) is 0 Å². The Kier molecular flexibility index (Phi) is 3.70. The van der Waals surface area contributed by atoms with Crippen molar-refractivity contribution in [2.75, 3.05) is 5.01 Å². The Morgan fingerprint density at radius 1 is 1.18 bits per heavy atom. The number of Topliss-reactive ketones (excluding diaryl/α,β-unsaturated/α-hetero) is 2. The maximum Gasteiger partial charge on any atom is 0.341 e. The molecule has 0 bridgehead atoms. The van der Waals surface area contributed by atoms with Crippen LogP contribution < -0.4 is 10.7 Å². The number of amides is 2. The Hall–Kier alpha value is -2.57. The van der Waals surface area contributed by atoms with E-state index in [-0.39, 0.29) is 34.9 Å². The molecule has 1 heterocycles. The number of fused-ring (bicyclic) bond motifs is 1. The van der Waals surface area contributed by atoms with Crippen LogP contribution in [-0.2, 0) is 9.59 Å². The lowest BCUT2D eigenvalue weighted by Gasteiger charge is -2.20. The largest absolute Gasteiger partial charge is 0.350 e. The van der Waals surface area contributed by atoms with Crippen molar-refractivity contribution in [1.29, 1.82) is 0 Å². The average molecular weight is 300 g/mol. The van der Waals surface area contributed by atoms with Crippen molar-refractivity contribution in [2.24, 2.45) is 22.7 Å². The zero-order valence-electron chi connectivity index (χ0n) is 11.9. The number of pyridine rings is 1. The number of hydrogen-bond acceptors (Lipinski definition) is 5. The topological polar surface area (TPSA) is 106 Å². The molecule has 2 saturated carbocycles. The van der Waals surface area contributed by atoms with Crippen molar-refractivity contribution in [1.82, 2.24) is 4.98 Å². The molecule has 0 spiro atoms. The summed E-state index contributed by atoms with van der Waals surface area (Å²) in [4.78, 5) is 40.4. The number of nitrogens with two attached hydrogens (primary N) is 1. The summed E-state index contributed by atoms with van der Waals surface area (Å²) in [6.45, 7) is 0. The van der Waals surface area contributed by atoms with Crippen LogP contribution in [0.5, 0.6) is 0 Å². The molecule has 0 aromatic carbocycles. The van der Waals surface area contributed by atoms with Gasteiger partial charge in [-0.1, -0.05) is 18.9 Å². The summed E-state index contributed by atoms with van der Waals surface area (Å²) in [7, 11) is 0. The number of carbonyl (C=O) groups is 3. The first kappa shape index (κ1) is 14.4. The standard InChI is InChI=1S/C15H16N4O3/c16-15(22)19(11-7-3-4-8-17-11)18-12-13(20)9-5-1-2-6-10(9)14(12)21/h3-4,7-10H,1-2,5-6H2,(H2,16,22). The molecule has 1 aromatic heterocycles. The zero-order chi connectivity index (χ0) is 15.7. The zero-order valence-corrected chi connectivity index (χ0v) is 11.9. The number of nitrogens with zero attached hydrogens (tertiary/aromatic N) is 3. The normalized spacial score (nSPS) is 24.1. The molecule has 0 aliphatic heterocycles. The lowest BCUT2D eigenvalue weighted by molar-refractivity contribution is -0.120. The van der Waals surface area contributed by atoms with Crippen LogP contribution in [0.15, 0.2) is 29.5 Å². The Labute approximate surface area is 127 Å². The van der Waals surface area contributed by atoms with E-state index in [0.29, 0.717) is 12.8 Å². The molecule has 0 saturated heterocycles. The summed E-state index contributed by atoms with van der Waals surface area (Å²) >= 11 is 0. The van der Waals surface area contributed by atoms with Gasteiger partial charge in [-0.3, -0.25) is 9.59 Å². The number of hydrogen-bond donors (Lipinski definition) is 1. The van der Waals surface area contributed by atoms with Gasteiger partial charge in [-0.25, -0.2) is 9.78 Å². The van der Waals surface area contributed by atoms with Crippen molar-refractivity contribution >= 4 is 29.1 Å². The Morgan fingerprint density at radius 2 is 1.82 bits per heavy atom. The number of urea groups is 1. The van der Waals surface area contributed by atoms with Crippen LogP contribution in [0.3, 0.4) is 0 Å². The minimum Gasteiger partial charge on any atom is -0.350 e. The van der Waals surface area contributed by atoms with E-state index in [1.54, 1.807) is 12.1 Å². The van der Waals surface area contributed by atoms with Gasteiger partial charge in [-0.15, -0.1) is 0 Å². The summed E-state index contributed by atoms with van der Waals surface area (Å²) in [5.41, 5.74) is 5.12. The maximum atomic E-state index is 12.4. The van der Waals surface area contributed by atoms with Gasteiger partial charge in [0.15, 0.2) is 23.1 Å². The van der Waals surface area contributed by atoms with Gasteiger partial charge in [0.05, 0.1) is 0 Å². The molecule has 7 nitrogen and oxygen atoms in total. The number of aromatic nitrogens is 1. The summed E-state index contributed by atoms with van der Waals surface area (Å²) < 4.78 is 0. The highest BCUT2D eigenvalue weighted by atomic mass is 16.2. The second-order valence-corrected chi connectivity index (χ2v) is 5.51. The molecule has 7 heteroatoms. The van der Waals surface area contributed by atoms with E-state index >= 15 is 0 Å². The summed E-state index contributed by atoms with van der Waals surface area (Å²) in [5.74, 6) is -0.969. The van der Waals surface area contributed by atoms with Crippen molar-refractivity contribution < 1.29 is 14.4 Å². The molecule has 2 fully saturated rings. The summed E-state index contributed by atoms with van der Waals surface area (Å²) in [5, 5.41) is 4.75. The van der Waals surface area contributed by atoms with Crippen molar-refractivity contribution in [3.8, 4) is 0 Å². The van der Waals surface area contributed by atoms with Gasteiger partial charge in [-0.2, -0.15) is 10.1 Å². The highest BCUT2D eigenvalue weighted by molar-refractivity contribution is 6.70. The Balaban J connectivity index is 1.97. The minimum absolute atomic E-state index is 0.179. The lowest BCUT2D eigenvalue weighted by Crippen LogP contribution is -2.34. The number of carbonyl (C=O) groups excluding carboxylic acids is 3. The third kappa shape index (κ3) is 2.38. The van der Waals surface area contributed by atoms with Crippen LogP contribution in [-0.4, -0.2) is 28.3 Å². The third-order valence-corrected chi connectivity index (χ3v) is 4.18. The first-order chi connectivity index (χ1) is 10.6. The van der Waals surface area contributed by atoms with Crippen molar-refractivity contribution in [2.45, 2.75) is 25.7 Å². The molecule has 3 rings (SSSR count). The molecule has 0 radical (unpaired) electrons. The van der Waals surface area contributed by atoms with E-state index in [0.717, 1.165) is 17.9 Å². The van der Waals surface area contributed by atoms with Gasteiger partial charge in [0, 0.05) is 18.0 Å². The van der Waals surface area contributed by atoms with E-state index in [9.17, 15) is 14.4 Å². The van der Waals surface area contributed by atoms with Crippen LogP contribution in [0.2, 0.25) is 0 Å². The predicted molar refractivity (Wildman–Crippen MR) is 79.2 cm³/mol. The van der Waals surface area contributed by atoms with Gasteiger partial charge in [0.25, 0.3) is 0 Å².